The van der Waals surface area contributed by atoms with Gasteiger partial charge in [0, 0.05) is 15.8 Å². The second kappa shape index (κ2) is 7.78. The molecular weight excluding hydrogens is 358 g/mol. The van der Waals surface area contributed by atoms with E-state index in [0.717, 1.165) is 21.3 Å². The molecule has 0 atom stereocenters. The summed E-state index contributed by atoms with van der Waals surface area (Å²) in [5.74, 6) is -0.283. The number of anilines is 2. The molecule has 5 nitrogen and oxygen atoms in total. The largest absolute Gasteiger partial charge is 0.329 e. The third-order valence-corrected chi connectivity index (χ3v) is 3.64. The van der Waals surface area contributed by atoms with Crippen molar-refractivity contribution in [2.75, 3.05) is 17.2 Å². The van der Waals surface area contributed by atoms with Crippen molar-refractivity contribution >= 4 is 39.2 Å². The van der Waals surface area contributed by atoms with Gasteiger partial charge in [-0.1, -0.05) is 28.1 Å². The van der Waals surface area contributed by atoms with Crippen molar-refractivity contribution in [2.24, 2.45) is 0 Å². The molecule has 0 bridgehead atoms. The lowest BCUT2D eigenvalue weighted by Gasteiger charge is -2.10. The van der Waals surface area contributed by atoms with Gasteiger partial charge in [0.25, 0.3) is 0 Å². The molecule has 2 aromatic rings. The maximum atomic E-state index is 11.9. The molecule has 0 spiro atoms. The molecule has 0 heterocycles. The molecule has 0 saturated heterocycles. The van der Waals surface area contributed by atoms with E-state index in [1.807, 2.05) is 50.2 Å². The van der Waals surface area contributed by atoms with E-state index in [1.54, 1.807) is 6.07 Å². The number of aryl methyl sites for hydroxylation is 2. The predicted octanol–water partition coefficient (Wildman–Crippen LogP) is 3.83. The van der Waals surface area contributed by atoms with Gasteiger partial charge < -0.3 is 16.0 Å². The molecule has 6 heteroatoms. The number of amides is 3. The molecule has 0 aliphatic carbocycles. The fraction of sp³-hybridized carbons (Fsp3) is 0.176. The minimum Gasteiger partial charge on any atom is -0.329 e. The first kappa shape index (κ1) is 17.0. The number of rotatable bonds is 4. The predicted molar refractivity (Wildman–Crippen MR) is 95.7 cm³/mol. The van der Waals surface area contributed by atoms with Crippen LogP contribution in [0.2, 0.25) is 0 Å². The van der Waals surface area contributed by atoms with E-state index in [1.165, 1.54) is 0 Å². The molecule has 0 radical (unpaired) electrons. The first-order valence-corrected chi connectivity index (χ1v) is 7.91. The molecule has 3 N–H and O–H groups in total. The molecule has 120 valence electrons. The van der Waals surface area contributed by atoms with E-state index < -0.39 is 6.03 Å². The Morgan fingerprint density at radius 1 is 1.04 bits per heavy atom. The number of hydrogen-bond donors (Lipinski definition) is 3. The third-order valence-electron chi connectivity index (χ3n) is 3.15. The maximum absolute atomic E-state index is 11.9. The van der Waals surface area contributed by atoms with Crippen LogP contribution in [0.3, 0.4) is 0 Å². The van der Waals surface area contributed by atoms with Crippen molar-refractivity contribution in [1.82, 2.24) is 5.32 Å². The van der Waals surface area contributed by atoms with Crippen LogP contribution in [0.25, 0.3) is 0 Å². The molecule has 0 fully saturated rings. The molecular formula is C17H18BrN3O2. The van der Waals surface area contributed by atoms with Gasteiger partial charge in [0.05, 0.1) is 6.54 Å². The molecule has 0 unspecified atom stereocenters. The molecule has 0 saturated carbocycles. The molecule has 0 aliphatic heterocycles. The summed E-state index contributed by atoms with van der Waals surface area (Å²) in [7, 11) is 0. The van der Waals surface area contributed by atoms with Crippen LogP contribution in [0.1, 0.15) is 11.1 Å². The van der Waals surface area contributed by atoms with E-state index in [9.17, 15) is 9.59 Å². The summed E-state index contributed by atoms with van der Waals surface area (Å²) in [5, 5.41) is 7.98. The Bertz CT molecular complexity index is 732. The van der Waals surface area contributed by atoms with E-state index in [4.69, 9.17) is 0 Å². The summed E-state index contributed by atoms with van der Waals surface area (Å²) in [6.45, 7) is 3.74. The number of hydrogen-bond acceptors (Lipinski definition) is 2. The third kappa shape index (κ3) is 5.41. The second-order valence-electron chi connectivity index (χ2n) is 5.18. The minimum absolute atomic E-state index is 0.104. The lowest BCUT2D eigenvalue weighted by molar-refractivity contribution is -0.115. The second-order valence-corrected chi connectivity index (χ2v) is 6.10. The number of nitrogens with one attached hydrogen (secondary N) is 3. The van der Waals surface area contributed by atoms with Crippen LogP contribution in [-0.2, 0) is 4.79 Å². The van der Waals surface area contributed by atoms with Crippen LogP contribution < -0.4 is 16.0 Å². The summed E-state index contributed by atoms with van der Waals surface area (Å²) >= 11 is 3.37. The zero-order valence-electron chi connectivity index (χ0n) is 12.9. The minimum atomic E-state index is -0.418. The van der Waals surface area contributed by atoms with Crippen LogP contribution >= 0.6 is 15.9 Å². The number of benzene rings is 2. The van der Waals surface area contributed by atoms with Crippen molar-refractivity contribution in [3.05, 3.63) is 58.1 Å². The first-order chi connectivity index (χ1) is 10.9. The van der Waals surface area contributed by atoms with Gasteiger partial charge in [-0.3, -0.25) is 4.79 Å². The highest BCUT2D eigenvalue weighted by Crippen LogP contribution is 2.19. The van der Waals surface area contributed by atoms with Crippen molar-refractivity contribution in [1.29, 1.82) is 0 Å². The van der Waals surface area contributed by atoms with Crippen molar-refractivity contribution in [3.63, 3.8) is 0 Å². The lowest BCUT2D eigenvalue weighted by atomic mass is 10.2. The van der Waals surface area contributed by atoms with Crippen molar-refractivity contribution in [3.8, 4) is 0 Å². The molecule has 2 aromatic carbocycles. The van der Waals surface area contributed by atoms with Crippen LogP contribution in [0.15, 0.2) is 46.9 Å². The van der Waals surface area contributed by atoms with Gasteiger partial charge in [0.2, 0.25) is 5.91 Å². The quantitative estimate of drug-likeness (QED) is 0.759. The topological polar surface area (TPSA) is 70.2 Å². The standard InChI is InChI=1S/C17H18BrN3O2/c1-11-4-3-5-14(8-11)20-17(23)19-10-16(22)21-15-7-6-13(18)9-12(15)2/h3-9H,10H2,1-2H3,(H,21,22)(H2,19,20,23). The Morgan fingerprint density at radius 3 is 2.52 bits per heavy atom. The van der Waals surface area contributed by atoms with E-state index in [-0.39, 0.29) is 12.5 Å². The van der Waals surface area contributed by atoms with Gasteiger partial charge in [-0.25, -0.2) is 4.79 Å². The lowest BCUT2D eigenvalue weighted by Crippen LogP contribution is -2.35. The van der Waals surface area contributed by atoms with Crippen LogP contribution in [-0.4, -0.2) is 18.5 Å². The Balaban J connectivity index is 1.83. The van der Waals surface area contributed by atoms with Gasteiger partial charge in [0.1, 0.15) is 0 Å². The summed E-state index contributed by atoms with van der Waals surface area (Å²) in [6, 6.07) is 12.6. The monoisotopic (exact) mass is 375 g/mol. The number of carbonyl (C=O) groups excluding carboxylic acids is 2. The molecule has 23 heavy (non-hydrogen) atoms. The Morgan fingerprint density at radius 2 is 1.83 bits per heavy atom. The molecule has 2 rings (SSSR count). The Labute approximate surface area is 143 Å². The van der Waals surface area contributed by atoms with Gasteiger partial charge in [-0.15, -0.1) is 0 Å². The zero-order valence-corrected chi connectivity index (χ0v) is 14.5. The van der Waals surface area contributed by atoms with E-state index >= 15 is 0 Å². The smallest absolute Gasteiger partial charge is 0.319 e. The summed E-state index contributed by atoms with van der Waals surface area (Å²) in [6.07, 6.45) is 0. The van der Waals surface area contributed by atoms with Gasteiger partial charge in [0.15, 0.2) is 0 Å². The average molecular weight is 376 g/mol. The summed E-state index contributed by atoms with van der Waals surface area (Å²) < 4.78 is 0.948. The molecule has 3 amide bonds. The van der Waals surface area contributed by atoms with Gasteiger partial charge in [-0.05, 0) is 55.3 Å². The molecule has 0 aliphatic rings. The van der Waals surface area contributed by atoms with Crippen LogP contribution in [0.4, 0.5) is 16.2 Å². The maximum Gasteiger partial charge on any atom is 0.319 e. The fourth-order valence-corrected chi connectivity index (χ4v) is 2.50. The Hall–Kier alpha value is -2.34. The number of carbonyl (C=O) groups is 2. The first-order valence-electron chi connectivity index (χ1n) is 7.11. The number of urea groups is 1. The Kier molecular flexibility index (Phi) is 5.76. The van der Waals surface area contributed by atoms with Crippen LogP contribution in [0.5, 0.6) is 0 Å². The highest BCUT2D eigenvalue weighted by atomic mass is 79.9. The van der Waals surface area contributed by atoms with Gasteiger partial charge in [-0.2, -0.15) is 0 Å². The summed E-state index contributed by atoms with van der Waals surface area (Å²) in [4.78, 5) is 23.7. The molecule has 0 aromatic heterocycles. The highest BCUT2D eigenvalue weighted by molar-refractivity contribution is 9.10. The normalized spacial score (nSPS) is 10.0. The SMILES string of the molecule is Cc1cccc(NC(=O)NCC(=O)Nc2ccc(Br)cc2C)c1. The average Bonchev–Trinajstić information content (AvgIpc) is 2.48. The van der Waals surface area contributed by atoms with E-state index in [0.29, 0.717) is 5.69 Å². The number of halogens is 1. The van der Waals surface area contributed by atoms with Gasteiger partial charge >= 0.3 is 6.03 Å². The fourth-order valence-electron chi connectivity index (χ4n) is 2.02. The van der Waals surface area contributed by atoms with Crippen molar-refractivity contribution in [2.45, 2.75) is 13.8 Å². The van der Waals surface area contributed by atoms with Crippen molar-refractivity contribution < 1.29 is 9.59 Å². The summed E-state index contributed by atoms with van der Waals surface area (Å²) in [5.41, 5.74) is 3.40. The van der Waals surface area contributed by atoms with Crippen LogP contribution in [0, 0.1) is 13.8 Å². The highest BCUT2D eigenvalue weighted by Gasteiger charge is 2.07. The van der Waals surface area contributed by atoms with E-state index in [2.05, 4.69) is 31.9 Å². The zero-order chi connectivity index (χ0) is 16.8.